The third-order valence-electron chi connectivity index (χ3n) is 2.25. The molecule has 0 saturated carbocycles. The highest BCUT2D eigenvalue weighted by Crippen LogP contribution is 2.28. The van der Waals surface area contributed by atoms with Crippen molar-refractivity contribution in [2.24, 2.45) is 5.73 Å². The van der Waals surface area contributed by atoms with E-state index in [9.17, 15) is 14.3 Å². The number of aromatic hydroxyl groups is 1. The van der Waals surface area contributed by atoms with Crippen molar-refractivity contribution in [1.29, 1.82) is 0 Å². The molecular weight excluding hydrogens is 249 g/mol. The molecule has 0 aliphatic rings. The summed E-state index contributed by atoms with van der Waals surface area (Å²) in [6.45, 7) is 1.68. The highest BCUT2D eigenvalue weighted by atomic mass is 35.5. The van der Waals surface area contributed by atoms with Crippen molar-refractivity contribution in [2.75, 3.05) is 7.11 Å². The van der Waals surface area contributed by atoms with Gasteiger partial charge in [0.1, 0.15) is 0 Å². The van der Waals surface area contributed by atoms with E-state index in [0.29, 0.717) is 5.56 Å². The zero-order valence-electron chi connectivity index (χ0n) is 9.57. The summed E-state index contributed by atoms with van der Waals surface area (Å²) in [7, 11) is 1.24. The first-order chi connectivity index (χ1) is 7.45. The highest BCUT2D eigenvalue weighted by Gasteiger charge is 2.18. The van der Waals surface area contributed by atoms with Gasteiger partial charge in [-0.15, -0.1) is 12.4 Å². The Labute approximate surface area is 105 Å². The summed E-state index contributed by atoms with van der Waals surface area (Å²) in [5.41, 5.74) is 6.52. The highest BCUT2D eigenvalue weighted by molar-refractivity contribution is 5.85. The van der Waals surface area contributed by atoms with Crippen LogP contribution < -0.4 is 5.73 Å². The molecule has 0 aromatic heterocycles. The lowest BCUT2D eigenvalue weighted by Gasteiger charge is -2.13. The molecule has 0 fully saturated rings. The van der Waals surface area contributed by atoms with Gasteiger partial charge in [0.25, 0.3) is 0 Å². The minimum atomic E-state index is -0.776. The molecule has 0 aliphatic heterocycles. The SMILES string of the molecule is COC(=O)C[C@@H](N)c1cc(C)cc(F)c1O.Cl. The van der Waals surface area contributed by atoms with E-state index in [1.165, 1.54) is 13.2 Å². The maximum Gasteiger partial charge on any atom is 0.307 e. The molecule has 96 valence electrons. The Morgan fingerprint density at radius 3 is 2.71 bits per heavy atom. The fraction of sp³-hybridized carbons (Fsp3) is 0.364. The predicted molar refractivity (Wildman–Crippen MR) is 63.6 cm³/mol. The summed E-state index contributed by atoms with van der Waals surface area (Å²) >= 11 is 0. The van der Waals surface area contributed by atoms with E-state index in [0.717, 1.165) is 0 Å². The minimum absolute atomic E-state index is 0. The van der Waals surface area contributed by atoms with Crippen molar-refractivity contribution >= 4 is 18.4 Å². The number of carbonyl (C=O) groups excluding carboxylic acids is 1. The maximum absolute atomic E-state index is 13.2. The summed E-state index contributed by atoms with van der Waals surface area (Å²) in [5.74, 6) is -1.76. The fourth-order valence-corrected chi connectivity index (χ4v) is 1.42. The number of esters is 1. The quantitative estimate of drug-likeness (QED) is 0.816. The second-order valence-corrected chi connectivity index (χ2v) is 3.57. The average molecular weight is 264 g/mol. The number of benzene rings is 1. The van der Waals surface area contributed by atoms with Gasteiger partial charge in [0.15, 0.2) is 11.6 Å². The molecule has 1 rings (SSSR count). The Bertz CT molecular complexity index is 412. The van der Waals surface area contributed by atoms with Gasteiger partial charge in [-0.25, -0.2) is 4.39 Å². The number of nitrogens with two attached hydrogens (primary N) is 1. The summed E-state index contributed by atoms with van der Waals surface area (Å²) in [6.07, 6.45) is -0.104. The van der Waals surface area contributed by atoms with Crippen LogP contribution in [0, 0.1) is 12.7 Å². The Balaban J connectivity index is 0.00000256. The molecule has 0 bridgehead atoms. The van der Waals surface area contributed by atoms with Crippen LogP contribution in [0.5, 0.6) is 5.75 Å². The van der Waals surface area contributed by atoms with Crippen LogP contribution >= 0.6 is 12.4 Å². The first-order valence-corrected chi connectivity index (χ1v) is 4.77. The van der Waals surface area contributed by atoms with Crippen LogP contribution in [0.3, 0.4) is 0 Å². The van der Waals surface area contributed by atoms with Gasteiger partial charge in [-0.2, -0.15) is 0 Å². The van der Waals surface area contributed by atoms with E-state index in [4.69, 9.17) is 5.73 Å². The maximum atomic E-state index is 13.2. The normalized spacial score (nSPS) is 11.5. The molecule has 0 amide bonds. The molecule has 0 heterocycles. The number of rotatable bonds is 3. The van der Waals surface area contributed by atoms with E-state index in [1.54, 1.807) is 13.0 Å². The molecule has 1 aromatic carbocycles. The standard InChI is InChI=1S/C11H14FNO3.ClH/c1-6-3-7(11(15)8(12)4-6)9(13)5-10(14)16-2;/h3-4,9,15H,5,13H2,1-2H3;1H/t9-;/m1./s1. The summed E-state index contributed by atoms with van der Waals surface area (Å²) in [4.78, 5) is 11.0. The number of phenolic OH excluding ortho intramolecular Hbond substituents is 1. The lowest BCUT2D eigenvalue weighted by atomic mass is 10.0. The van der Waals surface area contributed by atoms with Gasteiger partial charge in [-0.05, 0) is 18.6 Å². The van der Waals surface area contributed by atoms with Gasteiger partial charge >= 0.3 is 5.97 Å². The molecule has 0 saturated heterocycles. The van der Waals surface area contributed by atoms with E-state index in [1.807, 2.05) is 0 Å². The van der Waals surface area contributed by atoms with Gasteiger partial charge in [0.2, 0.25) is 0 Å². The van der Waals surface area contributed by atoms with Crippen molar-refractivity contribution in [3.63, 3.8) is 0 Å². The van der Waals surface area contributed by atoms with Gasteiger partial charge in [-0.3, -0.25) is 4.79 Å². The molecule has 1 atom stereocenters. The number of phenols is 1. The molecular formula is C11H15ClFNO3. The molecule has 1 aromatic rings. The first kappa shape index (κ1) is 15.7. The zero-order chi connectivity index (χ0) is 12.3. The predicted octanol–water partition coefficient (Wildman–Crippen LogP) is 1.82. The lowest BCUT2D eigenvalue weighted by molar-refractivity contribution is -0.141. The summed E-state index contributed by atoms with van der Waals surface area (Å²) < 4.78 is 17.6. The number of halogens is 2. The topological polar surface area (TPSA) is 72.5 Å². The third kappa shape index (κ3) is 3.87. The van der Waals surface area contributed by atoms with Crippen molar-refractivity contribution in [1.82, 2.24) is 0 Å². The number of ether oxygens (including phenoxy) is 1. The molecule has 0 spiro atoms. The summed E-state index contributed by atoms with van der Waals surface area (Å²) in [6, 6.07) is 1.97. The molecule has 4 nitrogen and oxygen atoms in total. The van der Waals surface area contributed by atoms with Crippen molar-refractivity contribution < 1.29 is 19.0 Å². The van der Waals surface area contributed by atoms with Crippen molar-refractivity contribution in [3.8, 4) is 5.75 Å². The number of hydrogen-bond acceptors (Lipinski definition) is 4. The minimum Gasteiger partial charge on any atom is -0.505 e. The van der Waals surface area contributed by atoms with E-state index < -0.39 is 23.6 Å². The molecule has 3 N–H and O–H groups in total. The first-order valence-electron chi connectivity index (χ1n) is 4.77. The second kappa shape index (κ2) is 6.42. The van der Waals surface area contributed by atoms with Gasteiger partial charge in [-0.1, -0.05) is 6.07 Å². The second-order valence-electron chi connectivity index (χ2n) is 3.57. The van der Waals surface area contributed by atoms with Crippen molar-refractivity contribution in [3.05, 3.63) is 29.1 Å². The van der Waals surface area contributed by atoms with Crippen molar-refractivity contribution in [2.45, 2.75) is 19.4 Å². The van der Waals surface area contributed by atoms with Crippen LogP contribution in [0.25, 0.3) is 0 Å². The monoisotopic (exact) mass is 263 g/mol. The van der Waals surface area contributed by atoms with E-state index in [2.05, 4.69) is 4.74 Å². The largest absolute Gasteiger partial charge is 0.505 e. The molecule has 17 heavy (non-hydrogen) atoms. The Morgan fingerprint density at radius 1 is 1.59 bits per heavy atom. The summed E-state index contributed by atoms with van der Waals surface area (Å²) in [5, 5.41) is 9.47. The average Bonchev–Trinajstić information content (AvgIpc) is 2.22. The Morgan fingerprint density at radius 2 is 2.18 bits per heavy atom. The van der Waals surface area contributed by atoms with Crippen LogP contribution in [-0.2, 0) is 9.53 Å². The Hall–Kier alpha value is -1.33. The van der Waals surface area contributed by atoms with Crippen LogP contribution in [-0.4, -0.2) is 18.2 Å². The lowest BCUT2D eigenvalue weighted by Crippen LogP contribution is -2.17. The number of hydrogen-bond donors (Lipinski definition) is 2. The molecule has 0 unspecified atom stereocenters. The third-order valence-corrected chi connectivity index (χ3v) is 2.25. The number of methoxy groups -OCH3 is 1. The fourth-order valence-electron chi connectivity index (χ4n) is 1.42. The van der Waals surface area contributed by atoms with Crippen LogP contribution in [0.1, 0.15) is 23.6 Å². The van der Waals surface area contributed by atoms with Gasteiger partial charge in [0, 0.05) is 11.6 Å². The number of carbonyl (C=O) groups is 1. The smallest absolute Gasteiger partial charge is 0.307 e. The zero-order valence-corrected chi connectivity index (χ0v) is 10.4. The van der Waals surface area contributed by atoms with E-state index in [-0.39, 0.29) is 24.4 Å². The molecule has 6 heteroatoms. The van der Waals surface area contributed by atoms with Crippen LogP contribution in [0.2, 0.25) is 0 Å². The van der Waals surface area contributed by atoms with Crippen LogP contribution in [0.4, 0.5) is 4.39 Å². The van der Waals surface area contributed by atoms with Crippen LogP contribution in [0.15, 0.2) is 12.1 Å². The number of aryl methyl sites for hydroxylation is 1. The molecule has 0 aliphatic carbocycles. The molecule has 0 radical (unpaired) electrons. The van der Waals surface area contributed by atoms with Gasteiger partial charge < -0.3 is 15.6 Å². The van der Waals surface area contributed by atoms with Gasteiger partial charge in [0.05, 0.1) is 13.5 Å². The Kier molecular flexibility index (Phi) is 5.91. The van der Waals surface area contributed by atoms with E-state index >= 15 is 0 Å².